The topological polar surface area (TPSA) is 0 Å². The maximum absolute atomic E-state index is 2.58. The molecule has 0 fully saturated rings. The summed E-state index contributed by atoms with van der Waals surface area (Å²) in [5.74, 6) is 1.10. The first-order chi connectivity index (χ1) is 22.5. The van der Waals surface area contributed by atoms with Crippen molar-refractivity contribution in [1.29, 1.82) is 0 Å². The Balaban J connectivity index is 0.00000260. The Kier molecular flexibility index (Phi) is 14.5. The van der Waals surface area contributed by atoms with Crippen LogP contribution in [-0.4, -0.2) is 3.21 Å². The van der Waals surface area contributed by atoms with Crippen LogP contribution in [-0.2, 0) is 34.1 Å². The van der Waals surface area contributed by atoms with E-state index >= 15 is 0 Å². The molecule has 2 unspecified atom stereocenters. The molecule has 0 saturated heterocycles. The predicted octanol–water partition coefficient (Wildman–Crippen LogP) is 5.86. The Hall–Kier alpha value is -2.31. The number of hydrogen-bond donors (Lipinski definition) is 0. The number of rotatable bonds is 13. The molecule has 48 heavy (non-hydrogen) atoms. The van der Waals surface area contributed by atoms with Gasteiger partial charge in [-0.1, -0.05) is 0 Å². The minimum atomic E-state index is -2.39. The summed E-state index contributed by atoms with van der Waals surface area (Å²) < 4.78 is 5.62. The number of hydrogen-bond acceptors (Lipinski definition) is 0. The zero-order chi connectivity index (χ0) is 32.0. The molecule has 0 nitrogen and oxygen atoms in total. The summed E-state index contributed by atoms with van der Waals surface area (Å²) in [4.78, 5) is 0. The summed E-state index contributed by atoms with van der Waals surface area (Å²) in [5.41, 5.74) is 13.4. The third-order valence-electron chi connectivity index (χ3n) is 10.7. The molecule has 0 bridgehead atoms. The van der Waals surface area contributed by atoms with Crippen molar-refractivity contribution >= 4 is 6.48 Å². The largest absolute Gasteiger partial charge is 1.00 e. The fourth-order valence-electron chi connectivity index (χ4n) is 7.86. The van der Waals surface area contributed by atoms with Gasteiger partial charge in [0.2, 0.25) is 0 Å². The fourth-order valence-corrected chi connectivity index (χ4v) is 16.7. The second-order valence-corrected chi connectivity index (χ2v) is 20.3. The van der Waals surface area contributed by atoms with Gasteiger partial charge in [0.1, 0.15) is 0 Å². The molecule has 2 aliphatic carbocycles. The molecular weight excluding hydrogens is 703 g/mol. The SMILES string of the molecule is CCCC[C](CCCC)=[Zr+2]([C]1=CC=CC1)[c]1c(CC(C)C(C)c2ccccc2)ccc2c1Cc1cc(C)c(-c3ccccc3)cc1-2.[Cl-].[Cl-]. The standard InChI is InChI=1S/C31H29.C9H18.C5H5.2ClH.Zr/c1-21(23(3)25-10-6-4-7-11-25)16-24-14-15-29-28(18-24)19-27-17-22(2)30(20-31(27)29)26-12-8-5-9-13-26;1-3-5-7-9-8-6-4-2;1-2-4-5-3-1;;;/h4-15,17,20-21,23H,16,19H2,1-3H3;3-8H2,1-2H3;1-3H,4H2;2*1H;/q;;;;;+2/p-2. The number of halogens is 2. The van der Waals surface area contributed by atoms with Gasteiger partial charge in [-0.05, 0) is 0 Å². The molecule has 0 saturated carbocycles. The first kappa shape index (κ1) is 38.5. The number of fused-ring (bicyclic) bond motifs is 3. The molecule has 4 aromatic rings. The molecular formula is C45H52Cl2Zr. The van der Waals surface area contributed by atoms with Crippen molar-refractivity contribution in [3.05, 3.63) is 134 Å². The maximum Gasteiger partial charge on any atom is -1.00 e. The molecule has 3 heteroatoms. The van der Waals surface area contributed by atoms with Crippen LogP contribution in [0.2, 0.25) is 0 Å². The number of benzene rings is 4. The Labute approximate surface area is 311 Å². The van der Waals surface area contributed by atoms with E-state index in [1.165, 1.54) is 83.9 Å². The minimum Gasteiger partial charge on any atom is -1.00 e. The second-order valence-electron chi connectivity index (χ2n) is 13.9. The normalized spacial score (nSPS) is 13.7. The maximum atomic E-state index is 2.58. The molecule has 0 radical (unpaired) electrons. The van der Waals surface area contributed by atoms with Gasteiger partial charge in [0.05, 0.1) is 0 Å². The van der Waals surface area contributed by atoms with Crippen molar-refractivity contribution in [3.63, 3.8) is 0 Å². The molecule has 0 N–H and O–H groups in total. The predicted molar refractivity (Wildman–Crippen MR) is 198 cm³/mol. The molecule has 4 aromatic carbocycles. The second kappa shape index (κ2) is 18.1. The van der Waals surface area contributed by atoms with Gasteiger partial charge in [0.15, 0.2) is 0 Å². The van der Waals surface area contributed by atoms with E-state index in [2.05, 4.69) is 138 Å². The Bertz CT molecular complexity index is 1750. The molecule has 2 aliphatic rings. The first-order valence-electron chi connectivity index (χ1n) is 18.0. The van der Waals surface area contributed by atoms with Crippen LogP contribution >= 0.6 is 0 Å². The van der Waals surface area contributed by atoms with Gasteiger partial charge in [0, 0.05) is 0 Å². The van der Waals surface area contributed by atoms with Crippen molar-refractivity contribution in [2.24, 2.45) is 5.92 Å². The van der Waals surface area contributed by atoms with Crippen molar-refractivity contribution in [1.82, 2.24) is 0 Å². The monoisotopic (exact) mass is 752 g/mol. The molecule has 250 valence electrons. The van der Waals surface area contributed by atoms with Crippen LogP contribution in [0.1, 0.15) is 106 Å². The van der Waals surface area contributed by atoms with E-state index in [1.54, 1.807) is 14.4 Å². The molecule has 0 spiro atoms. The van der Waals surface area contributed by atoms with Gasteiger partial charge in [-0.2, -0.15) is 0 Å². The summed E-state index contributed by atoms with van der Waals surface area (Å²) in [6, 6.07) is 32.3. The third kappa shape index (κ3) is 8.34. The van der Waals surface area contributed by atoms with Gasteiger partial charge in [-0.25, -0.2) is 0 Å². The van der Waals surface area contributed by atoms with Crippen LogP contribution in [0.5, 0.6) is 0 Å². The van der Waals surface area contributed by atoms with Crippen LogP contribution in [0.4, 0.5) is 0 Å². The van der Waals surface area contributed by atoms with Crippen molar-refractivity contribution in [3.8, 4) is 22.3 Å². The third-order valence-corrected chi connectivity index (χ3v) is 18.9. The van der Waals surface area contributed by atoms with E-state index in [0.29, 0.717) is 11.8 Å². The number of unbranched alkanes of at least 4 members (excludes halogenated alkanes) is 2. The minimum absolute atomic E-state index is 0. The summed E-state index contributed by atoms with van der Waals surface area (Å²) in [7, 11) is 0. The molecule has 6 rings (SSSR count). The average molecular weight is 755 g/mol. The smallest absolute Gasteiger partial charge is 1.00 e. The van der Waals surface area contributed by atoms with Crippen LogP contribution in [0.25, 0.3) is 22.3 Å². The van der Waals surface area contributed by atoms with Crippen molar-refractivity contribution in [2.45, 2.75) is 98.3 Å². The quantitative estimate of drug-likeness (QED) is 0.141. The van der Waals surface area contributed by atoms with Gasteiger partial charge < -0.3 is 24.8 Å². The molecule has 2 atom stereocenters. The van der Waals surface area contributed by atoms with Gasteiger partial charge >= 0.3 is 288 Å². The molecule has 0 amide bonds. The van der Waals surface area contributed by atoms with Crippen molar-refractivity contribution in [2.75, 3.05) is 0 Å². The number of allylic oxidation sites excluding steroid dienone is 4. The van der Waals surface area contributed by atoms with Crippen LogP contribution < -0.4 is 28.1 Å². The summed E-state index contributed by atoms with van der Waals surface area (Å²) in [6.45, 7) is 12.0. The van der Waals surface area contributed by atoms with Crippen LogP contribution in [0.3, 0.4) is 0 Å². The zero-order valence-corrected chi connectivity index (χ0v) is 33.6. The van der Waals surface area contributed by atoms with E-state index in [4.69, 9.17) is 0 Å². The summed E-state index contributed by atoms with van der Waals surface area (Å²) in [5, 5.41) is 0. The fraction of sp³-hybridized carbons (Fsp3) is 0.356. The van der Waals surface area contributed by atoms with E-state index in [-0.39, 0.29) is 24.8 Å². The van der Waals surface area contributed by atoms with Crippen LogP contribution in [0.15, 0.2) is 106 Å². The van der Waals surface area contributed by atoms with Gasteiger partial charge in [-0.15, -0.1) is 0 Å². The van der Waals surface area contributed by atoms with Crippen molar-refractivity contribution < 1.29 is 46.1 Å². The van der Waals surface area contributed by atoms with E-state index in [1.807, 2.05) is 6.48 Å². The van der Waals surface area contributed by atoms with E-state index in [0.717, 1.165) is 12.8 Å². The first-order valence-corrected chi connectivity index (χ1v) is 21.7. The summed E-state index contributed by atoms with van der Waals surface area (Å²) >= 11 is -2.39. The molecule has 0 heterocycles. The number of aryl methyl sites for hydroxylation is 1. The van der Waals surface area contributed by atoms with Gasteiger partial charge in [-0.3, -0.25) is 0 Å². The average Bonchev–Trinajstić information content (AvgIpc) is 3.74. The van der Waals surface area contributed by atoms with E-state index < -0.39 is 21.3 Å². The molecule has 0 aromatic heterocycles. The van der Waals surface area contributed by atoms with Gasteiger partial charge in [0.25, 0.3) is 0 Å². The zero-order valence-electron chi connectivity index (χ0n) is 29.6. The Morgan fingerprint density at radius 3 is 2.06 bits per heavy atom. The Morgan fingerprint density at radius 1 is 0.771 bits per heavy atom. The molecule has 0 aliphatic heterocycles. The summed E-state index contributed by atoms with van der Waals surface area (Å²) in [6.07, 6.45) is 18.6. The Morgan fingerprint density at radius 2 is 1.44 bits per heavy atom. The van der Waals surface area contributed by atoms with E-state index in [9.17, 15) is 0 Å². The van der Waals surface area contributed by atoms with Crippen LogP contribution in [0, 0.1) is 12.8 Å².